The number of unbranched alkanes of at least 4 members (excludes halogenated alkanes) is 8. The van der Waals surface area contributed by atoms with Crippen LogP contribution in [0.2, 0.25) is 0 Å². The van der Waals surface area contributed by atoms with Gasteiger partial charge >= 0.3 is 11.7 Å². The molecule has 0 rings (SSSR count). The second-order valence-corrected chi connectivity index (χ2v) is 6.49. The average molecular weight is 354 g/mol. The molecule has 0 aliphatic carbocycles. The molecule has 0 bridgehead atoms. The average Bonchev–Trinajstić information content (AvgIpc) is 2.44. The summed E-state index contributed by atoms with van der Waals surface area (Å²) in [7, 11) is 1.19. The van der Waals surface area contributed by atoms with E-state index in [0.717, 1.165) is 19.3 Å². The second-order valence-electron chi connectivity index (χ2n) is 6.49. The highest BCUT2D eigenvalue weighted by Crippen LogP contribution is 2.24. The molecule has 0 fully saturated rings. The van der Waals surface area contributed by atoms with Crippen molar-refractivity contribution in [2.75, 3.05) is 7.05 Å². The topological polar surface area (TPSA) is 66.8 Å². The molecule has 0 radical (unpaired) electrons. The number of hydroxylamine groups is 4. The van der Waals surface area contributed by atoms with Crippen molar-refractivity contribution in [3.8, 4) is 0 Å². The van der Waals surface area contributed by atoms with Gasteiger partial charge in [0.2, 0.25) is 0 Å². The van der Waals surface area contributed by atoms with E-state index in [9.17, 15) is 15.2 Å². The fourth-order valence-electron chi connectivity index (χ4n) is 2.33. The highest BCUT2D eigenvalue weighted by molar-refractivity contribution is 5.69. The number of carbonyl (C=O) groups is 1. The first kappa shape index (κ1) is 24.9. The largest absolute Gasteiger partial charge is 1.00 e. The molecule has 0 heterocycles. The van der Waals surface area contributed by atoms with E-state index in [1.54, 1.807) is 6.92 Å². The molecule has 0 aliphatic rings. The summed E-state index contributed by atoms with van der Waals surface area (Å²) in [5.74, 6) is -0.361. The number of carbonyl (C=O) groups excluding carboxylic acids is 1. The van der Waals surface area contributed by atoms with Crippen LogP contribution in [0.3, 0.4) is 0 Å². The first-order valence-corrected chi connectivity index (χ1v) is 8.80. The van der Waals surface area contributed by atoms with E-state index >= 15 is 0 Å². The van der Waals surface area contributed by atoms with Gasteiger partial charge in [0.05, 0.1) is 0 Å². The van der Waals surface area contributed by atoms with E-state index in [-0.39, 0.29) is 18.4 Å². The van der Waals surface area contributed by atoms with Crippen LogP contribution in [0.1, 0.15) is 91.4 Å². The molecule has 0 amide bonds. The van der Waals surface area contributed by atoms with Crippen LogP contribution in [-0.2, 0) is 9.53 Å². The van der Waals surface area contributed by atoms with Crippen LogP contribution >= 0.6 is 0 Å². The summed E-state index contributed by atoms with van der Waals surface area (Å²) in [5.41, 5.74) is -1.31. The molecule has 0 saturated heterocycles. The predicted octanol–water partition coefficient (Wildman–Crippen LogP) is 1.81. The smallest absolute Gasteiger partial charge is 0.310 e. The van der Waals surface area contributed by atoms with Gasteiger partial charge in [-0.1, -0.05) is 65.2 Å². The Kier molecular flexibility index (Phi) is 14.1. The molecule has 6 heteroatoms. The Bertz CT molecular complexity index is 307. The normalized spacial score (nSPS) is 14.0. The van der Waals surface area contributed by atoms with Crippen LogP contribution in [-0.4, -0.2) is 34.0 Å². The predicted molar refractivity (Wildman–Crippen MR) is 86.4 cm³/mol. The molecule has 0 aromatic carbocycles. The quantitative estimate of drug-likeness (QED) is 0.174. The summed E-state index contributed by atoms with van der Waals surface area (Å²) in [6, 6.07) is 0. The van der Waals surface area contributed by atoms with Crippen LogP contribution in [0.4, 0.5) is 0 Å². The number of ether oxygens (including phenoxy) is 1. The summed E-state index contributed by atoms with van der Waals surface area (Å²) in [5, 5.41) is 19.3. The van der Waals surface area contributed by atoms with E-state index in [1.807, 2.05) is 0 Å². The Morgan fingerprint density at radius 2 is 1.39 bits per heavy atom. The van der Waals surface area contributed by atoms with Crippen LogP contribution < -0.4 is 12.4 Å². The van der Waals surface area contributed by atoms with Crippen molar-refractivity contribution in [1.82, 2.24) is 0 Å². The van der Waals surface area contributed by atoms with Crippen molar-refractivity contribution in [1.29, 1.82) is 0 Å². The van der Waals surface area contributed by atoms with Crippen molar-refractivity contribution in [3.63, 3.8) is 0 Å². The van der Waals surface area contributed by atoms with Gasteiger partial charge in [-0.05, 0) is 11.2 Å². The number of nitrogens with zero attached hydrogens (tertiary/aromatic N) is 1. The fraction of sp³-hybridized carbons (Fsp3) is 0.941. The number of quaternary nitrogens is 1. The number of esters is 1. The molecule has 5 nitrogen and oxygen atoms in total. The van der Waals surface area contributed by atoms with Gasteiger partial charge in [0, 0.05) is 19.8 Å². The third kappa shape index (κ3) is 10.9. The fourth-order valence-corrected chi connectivity index (χ4v) is 2.33. The number of hydrogen-bond acceptors (Lipinski definition) is 4. The molecule has 140 valence electrons. The molecule has 0 aromatic rings. The van der Waals surface area contributed by atoms with Gasteiger partial charge in [-0.15, -0.1) is 0 Å². The zero-order chi connectivity index (χ0) is 17.1. The Balaban J connectivity index is 0. The molecular weight excluding hydrogens is 318 g/mol. The maximum atomic E-state index is 11.8. The standard InChI is InChI=1S/C17H36NO4.ClH/c1-5-7-8-9-10-11-12-13-14-15-16(19)22-17(3,6-2)18(4,20)21;/h20-21H,5-15H2,1-4H3;1H/q+1;/p-1. The zero-order valence-electron chi connectivity index (χ0n) is 15.3. The third-order valence-corrected chi connectivity index (χ3v) is 4.37. The van der Waals surface area contributed by atoms with E-state index in [2.05, 4.69) is 6.92 Å². The maximum Gasteiger partial charge on any atom is 0.310 e. The van der Waals surface area contributed by atoms with Gasteiger partial charge in [0.15, 0.2) is 0 Å². The minimum absolute atomic E-state index is 0. The summed E-state index contributed by atoms with van der Waals surface area (Å²) in [4.78, 5) is 10.5. The van der Waals surface area contributed by atoms with Crippen molar-refractivity contribution in [2.24, 2.45) is 0 Å². The molecule has 0 aliphatic heterocycles. The lowest BCUT2D eigenvalue weighted by Crippen LogP contribution is -3.00. The van der Waals surface area contributed by atoms with Gasteiger partial charge in [-0.2, -0.15) is 10.4 Å². The van der Waals surface area contributed by atoms with E-state index in [4.69, 9.17) is 4.74 Å². The van der Waals surface area contributed by atoms with Gasteiger partial charge in [0.1, 0.15) is 7.05 Å². The minimum Gasteiger partial charge on any atom is -1.00 e. The lowest BCUT2D eigenvalue weighted by Gasteiger charge is -2.34. The second kappa shape index (κ2) is 13.0. The van der Waals surface area contributed by atoms with Gasteiger partial charge in [0.25, 0.3) is 0 Å². The lowest BCUT2D eigenvalue weighted by molar-refractivity contribution is -1.27. The van der Waals surface area contributed by atoms with Crippen LogP contribution in [0, 0.1) is 0 Å². The van der Waals surface area contributed by atoms with Crippen molar-refractivity contribution in [2.45, 2.75) is 97.1 Å². The summed E-state index contributed by atoms with van der Waals surface area (Å²) in [6.45, 7) is 5.51. The highest BCUT2D eigenvalue weighted by atomic mass is 35.5. The van der Waals surface area contributed by atoms with Gasteiger partial charge in [-0.3, -0.25) is 4.79 Å². The number of hydrogen-bond donors (Lipinski definition) is 2. The Labute approximate surface area is 147 Å². The van der Waals surface area contributed by atoms with Crippen LogP contribution in [0.25, 0.3) is 0 Å². The number of rotatable bonds is 13. The summed E-state index contributed by atoms with van der Waals surface area (Å²) < 4.78 is 5.26. The number of halogens is 1. The van der Waals surface area contributed by atoms with Crippen molar-refractivity contribution >= 4 is 5.97 Å². The Morgan fingerprint density at radius 1 is 0.957 bits per heavy atom. The van der Waals surface area contributed by atoms with Crippen LogP contribution in [0.5, 0.6) is 0 Å². The zero-order valence-corrected chi connectivity index (χ0v) is 16.1. The van der Waals surface area contributed by atoms with Crippen molar-refractivity contribution < 1.29 is 37.2 Å². The van der Waals surface area contributed by atoms with E-state index in [0.29, 0.717) is 12.8 Å². The molecule has 0 spiro atoms. The van der Waals surface area contributed by atoms with Crippen LogP contribution in [0.15, 0.2) is 0 Å². The van der Waals surface area contributed by atoms with E-state index < -0.39 is 10.5 Å². The summed E-state index contributed by atoms with van der Waals surface area (Å²) in [6.07, 6.45) is 11.4. The molecule has 1 atom stereocenters. The Hall–Kier alpha value is -0.360. The first-order chi connectivity index (χ1) is 10.3. The molecule has 2 N–H and O–H groups in total. The SMILES string of the molecule is CCCCCCCCCCCC(=O)OC(C)(CC)[N+](C)(O)O.[Cl-]. The van der Waals surface area contributed by atoms with Gasteiger partial charge in [-0.25, -0.2) is 0 Å². The Morgan fingerprint density at radius 3 is 1.78 bits per heavy atom. The van der Waals surface area contributed by atoms with Gasteiger partial charge < -0.3 is 17.1 Å². The summed E-state index contributed by atoms with van der Waals surface area (Å²) >= 11 is 0. The molecule has 23 heavy (non-hydrogen) atoms. The molecule has 1 unspecified atom stereocenters. The maximum absolute atomic E-state index is 11.8. The van der Waals surface area contributed by atoms with E-state index in [1.165, 1.54) is 52.5 Å². The lowest BCUT2D eigenvalue weighted by atomic mass is 10.1. The molecular formula is C17H36ClNO4. The van der Waals surface area contributed by atoms with Crippen molar-refractivity contribution in [3.05, 3.63) is 0 Å². The first-order valence-electron chi connectivity index (χ1n) is 8.80. The monoisotopic (exact) mass is 353 g/mol. The minimum atomic E-state index is -1.35. The highest BCUT2D eigenvalue weighted by Gasteiger charge is 2.46. The molecule has 0 aromatic heterocycles. The third-order valence-electron chi connectivity index (χ3n) is 4.37. The molecule has 0 saturated carbocycles.